The van der Waals surface area contributed by atoms with E-state index in [0.29, 0.717) is 17.8 Å². The maximum atomic E-state index is 9.77. The molecule has 0 bridgehead atoms. The number of nitrogens with zero attached hydrogens (tertiary/aromatic N) is 3. The van der Waals surface area contributed by atoms with Gasteiger partial charge in [0.1, 0.15) is 0 Å². The van der Waals surface area contributed by atoms with E-state index in [2.05, 4.69) is 109 Å². The summed E-state index contributed by atoms with van der Waals surface area (Å²) in [4.78, 5) is 6.43. The third-order valence-corrected chi connectivity index (χ3v) is 7.17. The predicted octanol–water partition coefficient (Wildman–Crippen LogP) is 9.52. The van der Waals surface area contributed by atoms with Crippen molar-refractivity contribution >= 4 is 33.9 Å². The van der Waals surface area contributed by atoms with Gasteiger partial charge in [-0.3, -0.25) is 4.99 Å². The molecule has 0 aliphatic carbocycles. The molecule has 40 heavy (non-hydrogen) atoms. The van der Waals surface area contributed by atoms with Crippen LogP contribution in [0.2, 0.25) is 0 Å². The third-order valence-electron chi connectivity index (χ3n) is 7.17. The average molecular weight is 518 g/mol. The minimum absolute atomic E-state index is 0.492. The number of hydrogen-bond acceptors (Lipinski definition) is 3. The number of hydrogen-bond donors (Lipinski definition) is 0. The van der Waals surface area contributed by atoms with E-state index in [1.165, 1.54) is 21.9 Å². The Bertz CT molecular complexity index is 1840. The summed E-state index contributed by atoms with van der Waals surface area (Å²) in [6, 6.07) is 36.3. The van der Waals surface area contributed by atoms with E-state index in [-0.39, 0.29) is 0 Å². The van der Waals surface area contributed by atoms with E-state index in [4.69, 9.17) is 0 Å². The quantitative estimate of drug-likeness (QED) is 0.152. The number of rotatable bonds is 8. The molecule has 0 heterocycles. The standard InChI is InChI=1S/C37H31N3/c1-5-9-37(36(6-2)39-4)40(25-32-11-8-7-10-31(32)24-38)35-19-18-28-15-17-30(22-34(28)23-35)29-16-14-27-13-12-26(3)20-33(27)21-29/h5-23H,2,4,25H2,1,3H3/b9-5-,37-36-. The summed E-state index contributed by atoms with van der Waals surface area (Å²) in [6.07, 6.45) is 5.71. The molecule has 0 N–H and O–H groups in total. The SMILES string of the molecule is C=C/C(N=C)=C(\C=C/C)N(Cc1ccccc1C#N)c1ccc2ccc(-c3ccc4ccc(C)cc4c3)cc2c1. The van der Waals surface area contributed by atoms with Gasteiger partial charge in [-0.05, 0) is 101 Å². The van der Waals surface area contributed by atoms with Crippen molar-refractivity contribution in [3.8, 4) is 17.2 Å². The van der Waals surface area contributed by atoms with Gasteiger partial charge in [-0.25, -0.2) is 0 Å². The van der Waals surface area contributed by atoms with E-state index in [9.17, 15) is 5.26 Å². The highest BCUT2D eigenvalue weighted by molar-refractivity contribution is 5.93. The summed E-state index contributed by atoms with van der Waals surface area (Å²) in [6.45, 7) is 12.3. The second-order valence-electron chi connectivity index (χ2n) is 9.80. The predicted molar refractivity (Wildman–Crippen MR) is 171 cm³/mol. The number of fused-ring (bicyclic) bond motifs is 2. The van der Waals surface area contributed by atoms with Gasteiger partial charge in [0.15, 0.2) is 0 Å². The molecule has 0 saturated carbocycles. The summed E-state index contributed by atoms with van der Waals surface area (Å²) in [7, 11) is 0. The van der Waals surface area contributed by atoms with Crippen LogP contribution in [-0.2, 0) is 6.54 Å². The Morgan fingerprint density at radius 3 is 2.15 bits per heavy atom. The molecule has 194 valence electrons. The van der Waals surface area contributed by atoms with Gasteiger partial charge < -0.3 is 4.90 Å². The normalized spacial score (nSPS) is 11.8. The van der Waals surface area contributed by atoms with Crippen LogP contribution in [0, 0.1) is 18.3 Å². The zero-order chi connectivity index (χ0) is 28.1. The van der Waals surface area contributed by atoms with E-state index in [1.807, 2.05) is 43.3 Å². The van der Waals surface area contributed by atoms with Crippen LogP contribution in [0.15, 0.2) is 138 Å². The monoisotopic (exact) mass is 517 g/mol. The number of aliphatic imine (C=N–C) groups is 1. The van der Waals surface area contributed by atoms with Gasteiger partial charge in [0.05, 0.1) is 23.0 Å². The first-order chi connectivity index (χ1) is 19.5. The molecule has 0 aliphatic heterocycles. The number of anilines is 1. The highest BCUT2D eigenvalue weighted by Crippen LogP contribution is 2.33. The number of aryl methyl sites for hydroxylation is 1. The van der Waals surface area contributed by atoms with Gasteiger partial charge in [-0.1, -0.05) is 84.9 Å². The molecule has 0 fully saturated rings. The molecule has 5 aromatic carbocycles. The van der Waals surface area contributed by atoms with Crippen molar-refractivity contribution in [1.29, 1.82) is 5.26 Å². The molecule has 0 spiro atoms. The largest absolute Gasteiger partial charge is 0.335 e. The van der Waals surface area contributed by atoms with Crippen LogP contribution in [0.4, 0.5) is 5.69 Å². The van der Waals surface area contributed by atoms with Crippen LogP contribution in [0.3, 0.4) is 0 Å². The van der Waals surface area contributed by atoms with E-state index in [0.717, 1.165) is 33.3 Å². The Morgan fingerprint density at radius 2 is 1.50 bits per heavy atom. The Hall–Kier alpha value is -5.20. The van der Waals surface area contributed by atoms with Gasteiger partial charge >= 0.3 is 0 Å². The summed E-state index contributed by atoms with van der Waals surface area (Å²) in [5.74, 6) is 0. The lowest BCUT2D eigenvalue weighted by molar-refractivity contribution is 0.920. The van der Waals surface area contributed by atoms with Crippen molar-refractivity contribution in [2.45, 2.75) is 20.4 Å². The van der Waals surface area contributed by atoms with Crippen molar-refractivity contribution in [3.05, 3.63) is 150 Å². The van der Waals surface area contributed by atoms with Gasteiger partial charge in [-0.15, -0.1) is 0 Å². The maximum Gasteiger partial charge on any atom is 0.0995 e. The van der Waals surface area contributed by atoms with Crippen molar-refractivity contribution in [2.75, 3.05) is 4.90 Å². The van der Waals surface area contributed by atoms with Gasteiger partial charge in [0, 0.05) is 12.2 Å². The van der Waals surface area contributed by atoms with E-state index in [1.54, 1.807) is 6.08 Å². The lowest BCUT2D eigenvalue weighted by atomic mass is 9.97. The second-order valence-corrected chi connectivity index (χ2v) is 9.80. The molecule has 3 nitrogen and oxygen atoms in total. The third kappa shape index (κ3) is 5.34. The van der Waals surface area contributed by atoms with Crippen LogP contribution in [0.5, 0.6) is 0 Å². The molecule has 0 radical (unpaired) electrons. The van der Waals surface area contributed by atoms with Crippen molar-refractivity contribution < 1.29 is 0 Å². The lowest BCUT2D eigenvalue weighted by Crippen LogP contribution is -2.23. The summed E-state index contributed by atoms with van der Waals surface area (Å²) >= 11 is 0. The topological polar surface area (TPSA) is 39.4 Å². The van der Waals surface area contributed by atoms with Gasteiger partial charge in [0.25, 0.3) is 0 Å². The highest BCUT2D eigenvalue weighted by Gasteiger charge is 2.17. The van der Waals surface area contributed by atoms with Crippen LogP contribution >= 0.6 is 0 Å². The zero-order valence-corrected chi connectivity index (χ0v) is 22.9. The second kappa shape index (κ2) is 11.7. The Balaban J connectivity index is 1.65. The molecule has 0 atom stereocenters. The first-order valence-corrected chi connectivity index (χ1v) is 13.3. The number of benzene rings is 5. The molecule has 0 aliphatic rings. The van der Waals surface area contributed by atoms with Crippen LogP contribution in [-0.4, -0.2) is 6.72 Å². The summed E-state index contributed by atoms with van der Waals surface area (Å²) in [5.41, 5.74) is 7.70. The molecule has 0 unspecified atom stereocenters. The fourth-order valence-electron chi connectivity index (χ4n) is 5.10. The fraction of sp³-hybridized carbons (Fsp3) is 0.0811. The van der Waals surface area contributed by atoms with Crippen molar-refractivity contribution in [1.82, 2.24) is 0 Å². The minimum Gasteiger partial charge on any atom is -0.335 e. The summed E-state index contributed by atoms with van der Waals surface area (Å²) < 4.78 is 0. The van der Waals surface area contributed by atoms with E-state index < -0.39 is 0 Å². The number of nitriles is 1. The number of allylic oxidation sites excluding steroid dienone is 3. The highest BCUT2D eigenvalue weighted by atomic mass is 15.1. The molecule has 0 aromatic heterocycles. The molecule has 5 rings (SSSR count). The van der Waals surface area contributed by atoms with Gasteiger partial charge in [-0.2, -0.15) is 5.26 Å². The Morgan fingerprint density at radius 1 is 0.850 bits per heavy atom. The lowest BCUT2D eigenvalue weighted by Gasteiger charge is -2.28. The minimum atomic E-state index is 0.492. The molecule has 3 heteroatoms. The van der Waals surface area contributed by atoms with Crippen LogP contribution in [0.25, 0.3) is 32.7 Å². The fourth-order valence-corrected chi connectivity index (χ4v) is 5.10. The van der Waals surface area contributed by atoms with Crippen molar-refractivity contribution in [2.24, 2.45) is 4.99 Å². The maximum absolute atomic E-state index is 9.77. The van der Waals surface area contributed by atoms with Crippen molar-refractivity contribution in [3.63, 3.8) is 0 Å². The molecule has 5 aromatic rings. The molecular formula is C37H31N3. The van der Waals surface area contributed by atoms with Gasteiger partial charge in [0.2, 0.25) is 0 Å². The first kappa shape index (κ1) is 26.4. The smallest absolute Gasteiger partial charge is 0.0995 e. The van der Waals surface area contributed by atoms with Crippen LogP contribution in [0.1, 0.15) is 23.6 Å². The molecular weight excluding hydrogens is 486 g/mol. The van der Waals surface area contributed by atoms with E-state index >= 15 is 0 Å². The first-order valence-electron chi connectivity index (χ1n) is 13.3. The summed E-state index contributed by atoms with van der Waals surface area (Å²) in [5, 5.41) is 14.5. The molecule has 0 amide bonds. The Labute approximate surface area is 236 Å². The average Bonchev–Trinajstić information content (AvgIpc) is 2.99. The zero-order valence-electron chi connectivity index (χ0n) is 22.9. The Kier molecular flexibility index (Phi) is 7.71. The molecule has 0 saturated heterocycles. The van der Waals surface area contributed by atoms with Crippen LogP contribution < -0.4 is 4.90 Å².